The fourth-order valence-electron chi connectivity index (χ4n) is 4.35. The number of aromatic nitrogens is 1. The van der Waals surface area contributed by atoms with Crippen LogP contribution in [0.3, 0.4) is 0 Å². The first-order valence-electron chi connectivity index (χ1n) is 9.85. The number of fused-ring (bicyclic) bond motifs is 3. The van der Waals surface area contributed by atoms with E-state index in [1.54, 1.807) is 12.1 Å². The smallest absolute Gasteiger partial charge is 0.305 e. The van der Waals surface area contributed by atoms with Crippen molar-refractivity contribution in [1.82, 2.24) is 9.29 Å². The largest absolute Gasteiger partial charge is 0.481 e. The van der Waals surface area contributed by atoms with Gasteiger partial charge >= 0.3 is 5.97 Å². The predicted octanol–water partition coefficient (Wildman–Crippen LogP) is 3.91. The first-order chi connectivity index (χ1) is 14.3. The molecule has 0 bridgehead atoms. The molecule has 2 aromatic carbocycles. The molecular formula is C22H23ClN2O4S. The van der Waals surface area contributed by atoms with E-state index in [9.17, 15) is 13.2 Å². The van der Waals surface area contributed by atoms with Gasteiger partial charge in [-0.1, -0.05) is 23.7 Å². The minimum atomic E-state index is -3.65. The normalized spacial score (nSPS) is 16.5. The summed E-state index contributed by atoms with van der Waals surface area (Å²) in [6.45, 7) is 2.44. The number of halogens is 1. The van der Waals surface area contributed by atoms with Gasteiger partial charge in [0.05, 0.1) is 11.3 Å². The van der Waals surface area contributed by atoms with Crippen molar-refractivity contribution < 1.29 is 18.3 Å². The molecule has 8 heteroatoms. The fraction of sp³-hybridized carbons (Fsp3) is 0.318. The molecule has 1 aliphatic rings. The van der Waals surface area contributed by atoms with Gasteiger partial charge in [-0.2, -0.15) is 0 Å². The van der Waals surface area contributed by atoms with E-state index in [1.807, 2.05) is 25.1 Å². The topological polar surface area (TPSA) is 88.4 Å². The van der Waals surface area contributed by atoms with Gasteiger partial charge in [-0.15, -0.1) is 0 Å². The minimum Gasteiger partial charge on any atom is -0.481 e. The Morgan fingerprint density at radius 3 is 2.67 bits per heavy atom. The van der Waals surface area contributed by atoms with Crippen LogP contribution in [-0.4, -0.2) is 30.1 Å². The Kier molecular flexibility index (Phi) is 5.61. The molecule has 1 aromatic heterocycles. The number of sulfonamides is 1. The summed E-state index contributed by atoms with van der Waals surface area (Å²) in [5, 5.41) is 10.7. The van der Waals surface area contributed by atoms with Gasteiger partial charge in [0.15, 0.2) is 0 Å². The average Bonchev–Trinajstić information content (AvgIpc) is 3.00. The zero-order chi connectivity index (χ0) is 21.5. The SMILES string of the molecule is Cc1cccc2c1c1c(n2CCC(=O)O)CC[C@@H](NS(=O)(=O)c2ccc(Cl)cc2)C1. The highest BCUT2D eigenvalue weighted by molar-refractivity contribution is 7.89. The van der Waals surface area contributed by atoms with Crippen LogP contribution in [0, 0.1) is 6.92 Å². The van der Waals surface area contributed by atoms with E-state index in [-0.39, 0.29) is 17.4 Å². The molecule has 1 aliphatic carbocycles. The van der Waals surface area contributed by atoms with Crippen LogP contribution in [0.4, 0.5) is 0 Å². The summed E-state index contributed by atoms with van der Waals surface area (Å²) in [6.07, 6.45) is 1.97. The number of nitrogens with zero attached hydrogens (tertiary/aromatic N) is 1. The quantitative estimate of drug-likeness (QED) is 0.600. The average molecular weight is 447 g/mol. The molecule has 0 saturated carbocycles. The minimum absolute atomic E-state index is 0.0524. The highest BCUT2D eigenvalue weighted by Crippen LogP contribution is 2.35. The Labute approximate surface area is 180 Å². The van der Waals surface area contributed by atoms with Crippen molar-refractivity contribution in [2.45, 2.75) is 50.1 Å². The van der Waals surface area contributed by atoms with Crippen molar-refractivity contribution in [3.05, 3.63) is 64.3 Å². The monoisotopic (exact) mass is 446 g/mol. The molecule has 30 heavy (non-hydrogen) atoms. The van der Waals surface area contributed by atoms with E-state index in [0.29, 0.717) is 30.8 Å². The van der Waals surface area contributed by atoms with Gasteiger partial charge in [-0.05, 0) is 67.6 Å². The second-order valence-corrected chi connectivity index (χ2v) is 9.86. The lowest BCUT2D eigenvalue weighted by Crippen LogP contribution is -2.39. The molecule has 0 fully saturated rings. The van der Waals surface area contributed by atoms with Crippen LogP contribution < -0.4 is 4.72 Å². The zero-order valence-corrected chi connectivity index (χ0v) is 18.1. The summed E-state index contributed by atoms with van der Waals surface area (Å²) in [5.74, 6) is -0.831. The summed E-state index contributed by atoms with van der Waals surface area (Å²) >= 11 is 5.87. The lowest BCUT2D eigenvalue weighted by molar-refractivity contribution is -0.137. The van der Waals surface area contributed by atoms with Crippen LogP contribution in [0.1, 0.15) is 29.7 Å². The molecule has 0 unspecified atom stereocenters. The van der Waals surface area contributed by atoms with E-state index in [2.05, 4.69) is 9.29 Å². The maximum absolute atomic E-state index is 12.8. The van der Waals surface area contributed by atoms with Gasteiger partial charge in [-0.3, -0.25) is 4.79 Å². The van der Waals surface area contributed by atoms with Crippen molar-refractivity contribution >= 4 is 38.5 Å². The second kappa shape index (κ2) is 8.06. The Morgan fingerprint density at radius 2 is 1.97 bits per heavy atom. The molecule has 0 radical (unpaired) electrons. The lowest BCUT2D eigenvalue weighted by Gasteiger charge is -2.25. The third-order valence-electron chi connectivity index (χ3n) is 5.69. The number of rotatable bonds is 6. The molecule has 0 amide bonds. The Hall–Kier alpha value is -2.35. The van der Waals surface area contributed by atoms with Crippen molar-refractivity contribution in [2.75, 3.05) is 0 Å². The third kappa shape index (κ3) is 3.97. The van der Waals surface area contributed by atoms with Gasteiger partial charge in [0.25, 0.3) is 0 Å². The van der Waals surface area contributed by atoms with Crippen molar-refractivity contribution in [1.29, 1.82) is 0 Å². The molecular weight excluding hydrogens is 424 g/mol. The first-order valence-corrected chi connectivity index (χ1v) is 11.7. The molecule has 3 aromatic rings. The molecule has 0 spiro atoms. The van der Waals surface area contributed by atoms with E-state index < -0.39 is 16.0 Å². The standard InChI is InChI=1S/C22H23ClN2O4S/c1-14-3-2-4-20-22(14)18-13-16(7-10-19(18)25(20)12-11-21(26)27)24-30(28,29)17-8-5-15(23)6-9-17/h2-6,8-9,16,24H,7,10-13H2,1H3,(H,26,27)/t16-/m1/s1. The van der Waals surface area contributed by atoms with Crippen molar-refractivity contribution in [3.63, 3.8) is 0 Å². The number of nitrogens with one attached hydrogen (secondary N) is 1. The zero-order valence-electron chi connectivity index (χ0n) is 16.6. The van der Waals surface area contributed by atoms with E-state index in [0.717, 1.165) is 27.7 Å². The summed E-state index contributed by atoms with van der Waals surface area (Å²) in [5.41, 5.74) is 4.35. The van der Waals surface area contributed by atoms with E-state index in [1.165, 1.54) is 12.1 Å². The molecule has 1 atom stereocenters. The van der Waals surface area contributed by atoms with Crippen LogP contribution in [0.25, 0.3) is 10.9 Å². The Bertz CT molecular complexity index is 1220. The van der Waals surface area contributed by atoms with Crippen LogP contribution >= 0.6 is 11.6 Å². The fourth-order valence-corrected chi connectivity index (χ4v) is 5.75. The van der Waals surface area contributed by atoms with Gasteiger partial charge < -0.3 is 9.67 Å². The van der Waals surface area contributed by atoms with Gasteiger partial charge in [0.2, 0.25) is 10.0 Å². The maximum Gasteiger partial charge on any atom is 0.305 e. The number of carboxylic acids is 1. The van der Waals surface area contributed by atoms with Crippen LogP contribution in [0.15, 0.2) is 47.4 Å². The lowest BCUT2D eigenvalue weighted by atomic mass is 9.91. The number of hydrogen-bond donors (Lipinski definition) is 2. The van der Waals surface area contributed by atoms with Gasteiger partial charge in [0.1, 0.15) is 0 Å². The van der Waals surface area contributed by atoms with Crippen LogP contribution in [0.2, 0.25) is 5.02 Å². The number of hydrogen-bond acceptors (Lipinski definition) is 3. The summed E-state index contributed by atoms with van der Waals surface area (Å²) in [7, 11) is -3.65. The molecule has 6 nitrogen and oxygen atoms in total. The first kappa shape index (κ1) is 20.9. The highest BCUT2D eigenvalue weighted by Gasteiger charge is 2.29. The Balaban J connectivity index is 1.66. The van der Waals surface area contributed by atoms with E-state index >= 15 is 0 Å². The van der Waals surface area contributed by atoms with Crippen molar-refractivity contribution in [2.24, 2.45) is 0 Å². The number of benzene rings is 2. The summed E-state index contributed by atoms with van der Waals surface area (Å²) in [4.78, 5) is 11.3. The summed E-state index contributed by atoms with van der Waals surface area (Å²) in [6, 6.07) is 11.9. The number of aryl methyl sites for hydroxylation is 2. The van der Waals surface area contributed by atoms with Crippen molar-refractivity contribution in [3.8, 4) is 0 Å². The van der Waals surface area contributed by atoms with Gasteiger partial charge in [-0.25, -0.2) is 13.1 Å². The van der Waals surface area contributed by atoms with Crippen LogP contribution in [-0.2, 0) is 34.2 Å². The molecule has 2 N–H and O–H groups in total. The van der Waals surface area contributed by atoms with Crippen LogP contribution in [0.5, 0.6) is 0 Å². The molecule has 1 heterocycles. The maximum atomic E-state index is 12.8. The number of aliphatic carboxylic acids is 1. The molecule has 158 valence electrons. The third-order valence-corrected chi connectivity index (χ3v) is 7.48. The number of carboxylic acid groups (broad SMARTS) is 1. The number of carbonyl (C=O) groups is 1. The second-order valence-electron chi connectivity index (χ2n) is 7.70. The van der Waals surface area contributed by atoms with Gasteiger partial charge in [0, 0.05) is 34.2 Å². The molecule has 4 rings (SSSR count). The summed E-state index contributed by atoms with van der Waals surface area (Å²) < 4.78 is 30.6. The Morgan fingerprint density at radius 1 is 1.23 bits per heavy atom. The molecule has 0 saturated heterocycles. The predicted molar refractivity (Wildman–Crippen MR) is 117 cm³/mol. The highest BCUT2D eigenvalue weighted by atomic mass is 35.5. The van der Waals surface area contributed by atoms with E-state index in [4.69, 9.17) is 16.7 Å². The molecule has 0 aliphatic heterocycles.